The maximum Gasteiger partial charge on any atom is 0.416 e. The number of benzene rings is 1. The molecule has 1 aliphatic rings. The lowest BCUT2D eigenvalue weighted by atomic mass is 10.0. The zero-order chi connectivity index (χ0) is 18.7. The summed E-state index contributed by atoms with van der Waals surface area (Å²) >= 11 is 0. The fourth-order valence-corrected chi connectivity index (χ4v) is 2.98. The first kappa shape index (κ1) is 18.2. The van der Waals surface area contributed by atoms with Crippen molar-refractivity contribution in [2.24, 2.45) is 5.92 Å². The van der Waals surface area contributed by atoms with Gasteiger partial charge < -0.3 is 10.2 Å². The van der Waals surface area contributed by atoms with E-state index in [1.165, 1.54) is 24.6 Å². The van der Waals surface area contributed by atoms with Crippen LogP contribution in [0.25, 0.3) is 0 Å². The average Bonchev–Trinajstić information content (AvgIpc) is 2.61. The molecule has 138 valence electrons. The van der Waals surface area contributed by atoms with Gasteiger partial charge in [-0.25, -0.2) is 0 Å². The van der Waals surface area contributed by atoms with E-state index in [4.69, 9.17) is 0 Å². The standard InChI is InChI=1S/C18H19F3N4O/c1-12-4-3-9-25(11-12)16-8-7-15(23-24-16)17(26)22-14-6-2-5-13(10-14)18(19,20)21/h2,5-8,10,12H,3-4,9,11H2,1H3,(H,22,26). The van der Waals surface area contributed by atoms with E-state index in [9.17, 15) is 18.0 Å². The van der Waals surface area contributed by atoms with E-state index in [2.05, 4.69) is 27.3 Å². The number of carbonyl (C=O) groups excluding carboxylic acids is 1. The van der Waals surface area contributed by atoms with Crippen molar-refractivity contribution in [1.82, 2.24) is 10.2 Å². The number of piperidine rings is 1. The molecule has 26 heavy (non-hydrogen) atoms. The van der Waals surface area contributed by atoms with Crippen LogP contribution in [0.3, 0.4) is 0 Å². The van der Waals surface area contributed by atoms with Gasteiger partial charge in [0.15, 0.2) is 11.5 Å². The number of rotatable bonds is 3. The summed E-state index contributed by atoms with van der Waals surface area (Å²) in [6, 6.07) is 7.71. The molecule has 2 aromatic rings. The average molecular weight is 364 g/mol. The number of hydrogen-bond acceptors (Lipinski definition) is 4. The lowest BCUT2D eigenvalue weighted by molar-refractivity contribution is -0.137. The minimum absolute atomic E-state index is 0.0521. The highest BCUT2D eigenvalue weighted by Gasteiger charge is 2.30. The molecule has 2 heterocycles. The summed E-state index contributed by atoms with van der Waals surface area (Å²) in [5.41, 5.74) is -0.715. The van der Waals surface area contributed by atoms with E-state index in [-0.39, 0.29) is 11.4 Å². The zero-order valence-corrected chi connectivity index (χ0v) is 14.3. The minimum Gasteiger partial charge on any atom is -0.355 e. The predicted octanol–water partition coefficient (Wildman–Crippen LogP) is 3.98. The van der Waals surface area contributed by atoms with E-state index in [1.807, 2.05) is 0 Å². The molecule has 1 saturated heterocycles. The summed E-state index contributed by atoms with van der Waals surface area (Å²) in [7, 11) is 0. The monoisotopic (exact) mass is 364 g/mol. The van der Waals surface area contributed by atoms with Crippen LogP contribution in [-0.4, -0.2) is 29.2 Å². The molecular formula is C18H19F3N4O. The van der Waals surface area contributed by atoms with Crippen LogP contribution in [0.15, 0.2) is 36.4 Å². The number of nitrogens with zero attached hydrogens (tertiary/aromatic N) is 3. The van der Waals surface area contributed by atoms with Crippen LogP contribution >= 0.6 is 0 Å². The van der Waals surface area contributed by atoms with E-state index in [0.717, 1.165) is 31.6 Å². The van der Waals surface area contributed by atoms with Crippen molar-refractivity contribution in [3.63, 3.8) is 0 Å². The molecule has 1 aromatic carbocycles. The van der Waals surface area contributed by atoms with E-state index in [0.29, 0.717) is 11.7 Å². The molecule has 1 N–H and O–H groups in total. The molecule has 5 nitrogen and oxygen atoms in total. The Hall–Kier alpha value is -2.64. The Bertz CT molecular complexity index is 777. The van der Waals surface area contributed by atoms with Crippen molar-refractivity contribution < 1.29 is 18.0 Å². The Morgan fingerprint density at radius 1 is 1.23 bits per heavy atom. The van der Waals surface area contributed by atoms with Gasteiger partial charge in [0.05, 0.1) is 5.56 Å². The van der Waals surface area contributed by atoms with Gasteiger partial charge in [0.1, 0.15) is 0 Å². The van der Waals surface area contributed by atoms with Crippen molar-refractivity contribution in [2.75, 3.05) is 23.3 Å². The highest BCUT2D eigenvalue weighted by molar-refractivity contribution is 6.02. The molecule has 1 unspecified atom stereocenters. The van der Waals surface area contributed by atoms with Crippen LogP contribution in [0.1, 0.15) is 35.8 Å². The second-order valence-corrected chi connectivity index (χ2v) is 6.50. The first-order valence-corrected chi connectivity index (χ1v) is 8.40. The van der Waals surface area contributed by atoms with Crippen LogP contribution in [0.4, 0.5) is 24.7 Å². The van der Waals surface area contributed by atoms with Crippen LogP contribution in [-0.2, 0) is 6.18 Å². The topological polar surface area (TPSA) is 58.1 Å². The van der Waals surface area contributed by atoms with Gasteiger partial charge in [-0.05, 0) is 49.1 Å². The summed E-state index contributed by atoms with van der Waals surface area (Å²) in [6.45, 7) is 3.97. The number of amides is 1. The predicted molar refractivity (Wildman–Crippen MR) is 92.0 cm³/mol. The van der Waals surface area contributed by atoms with Gasteiger partial charge in [-0.2, -0.15) is 13.2 Å². The van der Waals surface area contributed by atoms with Crippen molar-refractivity contribution in [3.8, 4) is 0 Å². The molecule has 1 amide bonds. The van der Waals surface area contributed by atoms with Gasteiger partial charge >= 0.3 is 6.18 Å². The number of carbonyl (C=O) groups is 1. The molecule has 1 fully saturated rings. The molecule has 3 rings (SSSR count). The molecule has 0 aliphatic carbocycles. The molecule has 0 bridgehead atoms. The molecular weight excluding hydrogens is 345 g/mol. The van der Waals surface area contributed by atoms with Gasteiger partial charge in [0.2, 0.25) is 0 Å². The third-order valence-corrected chi connectivity index (χ3v) is 4.31. The third kappa shape index (κ3) is 4.30. The zero-order valence-electron chi connectivity index (χ0n) is 14.3. The van der Waals surface area contributed by atoms with Crippen LogP contribution in [0, 0.1) is 5.92 Å². The smallest absolute Gasteiger partial charge is 0.355 e. The quantitative estimate of drug-likeness (QED) is 0.895. The molecule has 0 radical (unpaired) electrons. The highest BCUT2D eigenvalue weighted by atomic mass is 19.4. The maximum absolute atomic E-state index is 12.7. The van der Waals surface area contributed by atoms with E-state index in [1.54, 1.807) is 6.07 Å². The number of nitrogens with one attached hydrogen (secondary N) is 1. The van der Waals surface area contributed by atoms with Gasteiger partial charge in [-0.1, -0.05) is 13.0 Å². The normalized spacial score (nSPS) is 17.8. The SMILES string of the molecule is CC1CCCN(c2ccc(C(=O)Nc3cccc(C(F)(F)F)c3)nn2)C1. The van der Waals surface area contributed by atoms with Gasteiger partial charge in [0.25, 0.3) is 5.91 Å². The highest BCUT2D eigenvalue weighted by Crippen LogP contribution is 2.30. The lowest BCUT2D eigenvalue weighted by Crippen LogP contribution is -2.35. The van der Waals surface area contributed by atoms with Gasteiger partial charge in [-0.3, -0.25) is 4.79 Å². The summed E-state index contributed by atoms with van der Waals surface area (Å²) < 4.78 is 38.2. The maximum atomic E-state index is 12.7. The number of hydrogen-bond donors (Lipinski definition) is 1. The summed E-state index contributed by atoms with van der Waals surface area (Å²) in [6.07, 6.45) is -2.20. The molecule has 0 spiro atoms. The molecule has 0 saturated carbocycles. The number of alkyl halides is 3. The first-order chi connectivity index (χ1) is 12.3. The first-order valence-electron chi connectivity index (χ1n) is 8.40. The van der Waals surface area contributed by atoms with Crippen molar-refractivity contribution in [1.29, 1.82) is 0 Å². The molecule has 1 atom stereocenters. The second-order valence-electron chi connectivity index (χ2n) is 6.50. The van der Waals surface area contributed by atoms with E-state index >= 15 is 0 Å². The molecule has 1 aromatic heterocycles. The van der Waals surface area contributed by atoms with Gasteiger partial charge in [0, 0.05) is 18.8 Å². The Kier molecular flexibility index (Phi) is 5.11. The van der Waals surface area contributed by atoms with Crippen molar-refractivity contribution in [2.45, 2.75) is 25.9 Å². The van der Waals surface area contributed by atoms with Crippen LogP contribution in [0.2, 0.25) is 0 Å². The Morgan fingerprint density at radius 3 is 2.69 bits per heavy atom. The lowest BCUT2D eigenvalue weighted by Gasteiger charge is -2.31. The Balaban J connectivity index is 1.69. The van der Waals surface area contributed by atoms with Crippen LogP contribution in [0.5, 0.6) is 0 Å². The Morgan fingerprint density at radius 2 is 2.04 bits per heavy atom. The second kappa shape index (κ2) is 7.31. The minimum atomic E-state index is -4.46. The summed E-state index contributed by atoms with van der Waals surface area (Å²) in [5, 5.41) is 10.4. The summed E-state index contributed by atoms with van der Waals surface area (Å²) in [5.74, 6) is 0.678. The third-order valence-electron chi connectivity index (χ3n) is 4.31. The number of halogens is 3. The number of aromatic nitrogens is 2. The summed E-state index contributed by atoms with van der Waals surface area (Å²) in [4.78, 5) is 14.3. The van der Waals surface area contributed by atoms with Gasteiger partial charge in [-0.15, -0.1) is 10.2 Å². The molecule has 1 aliphatic heterocycles. The largest absolute Gasteiger partial charge is 0.416 e. The van der Waals surface area contributed by atoms with Crippen molar-refractivity contribution >= 4 is 17.4 Å². The Labute approximate surface area is 149 Å². The fourth-order valence-electron chi connectivity index (χ4n) is 2.98. The van der Waals surface area contributed by atoms with Crippen LogP contribution < -0.4 is 10.2 Å². The molecule has 8 heteroatoms. The van der Waals surface area contributed by atoms with E-state index < -0.39 is 17.6 Å². The number of anilines is 2. The van der Waals surface area contributed by atoms with Crippen molar-refractivity contribution in [3.05, 3.63) is 47.7 Å². The fraction of sp³-hybridized carbons (Fsp3) is 0.389.